The Morgan fingerprint density at radius 2 is 1.94 bits per heavy atom. The number of thioether (sulfide) groups is 1. The number of thiocarbonyl (C=S) groups is 1. The molecule has 0 radical (unpaired) electrons. The van der Waals surface area contributed by atoms with Crippen LogP contribution < -0.4 is 5.32 Å². The lowest BCUT2D eigenvalue weighted by molar-refractivity contribution is 0.979. The van der Waals surface area contributed by atoms with E-state index in [-0.39, 0.29) is 0 Å². The minimum Gasteiger partial charge on any atom is -0.388 e. The maximum Gasteiger partial charge on any atom is 0.0479 e. The first-order valence-electron chi connectivity index (χ1n) is 6.36. The molecule has 18 heavy (non-hydrogen) atoms. The van der Waals surface area contributed by atoms with E-state index >= 15 is 0 Å². The molecule has 1 nitrogen and oxygen atoms in total. The minimum atomic E-state index is 0.984. The molecular formula is C15H25NS2. The predicted molar refractivity (Wildman–Crippen MR) is 90.3 cm³/mol. The molecule has 0 spiro atoms. The van der Waals surface area contributed by atoms with Gasteiger partial charge < -0.3 is 5.32 Å². The molecule has 0 aliphatic rings. The zero-order valence-electron chi connectivity index (χ0n) is 12.2. The fourth-order valence-electron chi connectivity index (χ4n) is 1.52. The van der Waals surface area contributed by atoms with E-state index in [2.05, 4.69) is 37.4 Å². The third-order valence-electron chi connectivity index (χ3n) is 2.97. The van der Waals surface area contributed by atoms with Crippen molar-refractivity contribution >= 4 is 28.2 Å². The van der Waals surface area contributed by atoms with Gasteiger partial charge in [-0.2, -0.15) is 0 Å². The van der Waals surface area contributed by atoms with Crippen LogP contribution in [0.5, 0.6) is 0 Å². The molecule has 0 saturated heterocycles. The van der Waals surface area contributed by atoms with E-state index in [9.17, 15) is 0 Å². The second kappa shape index (κ2) is 10.4. The number of rotatable bonds is 7. The van der Waals surface area contributed by atoms with Crippen LogP contribution in [0.15, 0.2) is 35.1 Å². The smallest absolute Gasteiger partial charge is 0.0479 e. The average Bonchev–Trinajstić information content (AvgIpc) is 2.41. The Morgan fingerprint density at radius 1 is 1.28 bits per heavy atom. The zero-order valence-corrected chi connectivity index (χ0v) is 13.8. The lowest BCUT2D eigenvalue weighted by atomic mass is 10.0. The van der Waals surface area contributed by atoms with Crippen molar-refractivity contribution in [2.45, 2.75) is 40.0 Å². The summed E-state index contributed by atoms with van der Waals surface area (Å²) < 4.78 is 1.09. The van der Waals surface area contributed by atoms with E-state index in [0.29, 0.717) is 0 Å². The van der Waals surface area contributed by atoms with Crippen LogP contribution >= 0.6 is 24.0 Å². The Hall–Kier alpha value is -0.540. The molecule has 0 aromatic rings. The van der Waals surface area contributed by atoms with Crippen molar-refractivity contribution in [3.63, 3.8) is 0 Å². The van der Waals surface area contributed by atoms with Crippen molar-refractivity contribution in [3.05, 3.63) is 35.1 Å². The summed E-state index contributed by atoms with van der Waals surface area (Å²) in [4.78, 5) is 0. The first-order valence-corrected chi connectivity index (χ1v) is 7.99. The first kappa shape index (κ1) is 17.5. The summed E-state index contributed by atoms with van der Waals surface area (Å²) in [6.45, 7) is 6.44. The molecule has 0 unspecified atom stereocenters. The van der Waals surface area contributed by atoms with Gasteiger partial charge in [0.25, 0.3) is 0 Å². The van der Waals surface area contributed by atoms with E-state index in [1.54, 1.807) is 11.8 Å². The quantitative estimate of drug-likeness (QED) is 0.529. The maximum atomic E-state index is 5.27. The number of nitrogens with one attached hydrogen (secondary N) is 1. The summed E-state index contributed by atoms with van der Waals surface area (Å²) in [5, 5.41) is 3.16. The van der Waals surface area contributed by atoms with E-state index in [4.69, 9.17) is 12.2 Å². The van der Waals surface area contributed by atoms with E-state index in [0.717, 1.165) is 29.2 Å². The molecule has 0 aromatic carbocycles. The molecule has 3 heteroatoms. The third kappa shape index (κ3) is 7.02. The van der Waals surface area contributed by atoms with Crippen LogP contribution in [0.4, 0.5) is 0 Å². The topological polar surface area (TPSA) is 12.0 Å². The van der Waals surface area contributed by atoms with Gasteiger partial charge in [0.1, 0.15) is 0 Å². The molecule has 0 aromatic heterocycles. The summed E-state index contributed by atoms with van der Waals surface area (Å²) in [6.07, 6.45) is 11.6. The van der Waals surface area contributed by atoms with Crippen LogP contribution in [-0.2, 0) is 0 Å². The highest BCUT2D eigenvalue weighted by atomic mass is 32.2. The number of likely N-dealkylation sites (N-methyl/N-ethyl adjacent to an activating group) is 1. The third-order valence-corrected chi connectivity index (χ3v) is 4.33. The van der Waals surface area contributed by atoms with Crippen LogP contribution in [0.2, 0.25) is 0 Å². The van der Waals surface area contributed by atoms with Crippen molar-refractivity contribution in [3.8, 4) is 0 Å². The maximum absolute atomic E-state index is 5.27. The normalized spacial score (nSPS) is 13.7. The van der Waals surface area contributed by atoms with Crippen molar-refractivity contribution in [2.24, 2.45) is 0 Å². The fourth-order valence-corrected chi connectivity index (χ4v) is 1.93. The van der Waals surface area contributed by atoms with Gasteiger partial charge in [0.15, 0.2) is 0 Å². The molecule has 0 aliphatic heterocycles. The Kier molecular flexibility index (Phi) is 10.1. The molecule has 0 fully saturated rings. The second-order valence-electron chi connectivity index (χ2n) is 4.06. The summed E-state index contributed by atoms with van der Waals surface area (Å²) in [7, 11) is 1.94. The lowest BCUT2D eigenvalue weighted by Gasteiger charge is -2.08. The Bertz CT molecular complexity index is 352. The molecule has 102 valence electrons. The zero-order chi connectivity index (χ0) is 14.0. The molecule has 0 amide bonds. The van der Waals surface area contributed by atoms with Gasteiger partial charge >= 0.3 is 0 Å². The van der Waals surface area contributed by atoms with Gasteiger partial charge in [0, 0.05) is 16.9 Å². The molecule has 0 aliphatic carbocycles. The number of hydrogen-bond donors (Lipinski definition) is 1. The first-order chi connectivity index (χ1) is 8.58. The molecule has 0 atom stereocenters. The van der Waals surface area contributed by atoms with Gasteiger partial charge in [0.05, 0.1) is 0 Å². The number of allylic oxidation sites excluding steroid dienone is 5. The summed E-state index contributed by atoms with van der Waals surface area (Å²) in [6, 6.07) is 0. The van der Waals surface area contributed by atoms with Gasteiger partial charge in [-0.3, -0.25) is 0 Å². The van der Waals surface area contributed by atoms with E-state index in [1.165, 1.54) is 11.1 Å². The molecule has 0 heterocycles. The highest BCUT2D eigenvalue weighted by Crippen LogP contribution is 2.18. The van der Waals surface area contributed by atoms with Crippen LogP contribution in [0, 0.1) is 0 Å². The van der Waals surface area contributed by atoms with E-state index in [1.807, 2.05) is 20.2 Å². The monoisotopic (exact) mass is 283 g/mol. The summed E-state index contributed by atoms with van der Waals surface area (Å²) >= 11 is 6.95. The van der Waals surface area contributed by atoms with Crippen LogP contribution in [0.1, 0.15) is 40.0 Å². The Labute approximate surface area is 122 Å². The summed E-state index contributed by atoms with van der Waals surface area (Å²) in [5.74, 6) is 0. The van der Waals surface area contributed by atoms with E-state index < -0.39 is 0 Å². The van der Waals surface area contributed by atoms with Gasteiger partial charge in [0.2, 0.25) is 0 Å². The Morgan fingerprint density at radius 3 is 2.39 bits per heavy atom. The average molecular weight is 284 g/mol. The van der Waals surface area contributed by atoms with Gasteiger partial charge in [-0.05, 0) is 51.0 Å². The molecule has 0 bridgehead atoms. The van der Waals surface area contributed by atoms with Crippen molar-refractivity contribution in [2.75, 3.05) is 13.3 Å². The molecular weight excluding hydrogens is 258 g/mol. The van der Waals surface area contributed by atoms with Gasteiger partial charge in [-0.25, -0.2) is 0 Å². The highest BCUT2D eigenvalue weighted by molar-refractivity contribution is 8.22. The lowest BCUT2D eigenvalue weighted by Crippen LogP contribution is -2.02. The summed E-state index contributed by atoms with van der Waals surface area (Å²) in [5.41, 5.74) is 3.99. The minimum absolute atomic E-state index is 0.984. The van der Waals surface area contributed by atoms with Gasteiger partial charge in [-0.15, -0.1) is 11.8 Å². The van der Waals surface area contributed by atoms with Crippen molar-refractivity contribution < 1.29 is 0 Å². The number of hydrogen-bond acceptors (Lipinski definition) is 3. The van der Waals surface area contributed by atoms with Crippen molar-refractivity contribution in [1.82, 2.24) is 5.32 Å². The van der Waals surface area contributed by atoms with Crippen LogP contribution in [-0.4, -0.2) is 17.5 Å². The van der Waals surface area contributed by atoms with Crippen LogP contribution in [0.3, 0.4) is 0 Å². The van der Waals surface area contributed by atoms with Crippen molar-refractivity contribution in [1.29, 1.82) is 0 Å². The fraction of sp³-hybridized carbons (Fsp3) is 0.533. The Balaban J connectivity index is 4.77. The molecule has 0 rings (SSSR count). The highest BCUT2D eigenvalue weighted by Gasteiger charge is 2.01. The molecule has 1 N–H and O–H groups in total. The molecule has 0 saturated carbocycles. The van der Waals surface area contributed by atoms with Gasteiger partial charge in [-0.1, -0.05) is 36.9 Å². The largest absolute Gasteiger partial charge is 0.388 e. The van der Waals surface area contributed by atoms with Crippen LogP contribution in [0.25, 0.3) is 0 Å². The standard InChI is InChI=1S/C15H25NS2/c1-6-12(3)13(9-11-15(17)18-5)8-10-14(7-2)16-4/h7-8,10,16H,6,9,11H2,1-5H3/b10-8-,13-12+,14-7+. The predicted octanol–water partition coefficient (Wildman–Crippen LogP) is 4.86. The SMILES string of the molecule is C\C=C(/C=C\C(CCC(=S)SC)=C(\C)CC)NC. The second-order valence-corrected chi connectivity index (χ2v) is 5.71.